The minimum absolute atomic E-state index is 0.0227. The fraction of sp³-hybridized carbons (Fsp3) is 0.400. The fourth-order valence-electron chi connectivity index (χ4n) is 4.61. The number of rotatable bonds is 6. The van der Waals surface area contributed by atoms with Crippen molar-refractivity contribution in [2.24, 2.45) is 11.3 Å². The van der Waals surface area contributed by atoms with E-state index in [0.717, 1.165) is 22.3 Å². The molecule has 7 heteroatoms. The summed E-state index contributed by atoms with van der Waals surface area (Å²) in [5.74, 6) is -1.54. The molecule has 0 aromatic heterocycles. The third kappa shape index (κ3) is 4.07. The Bertz CT molecular complexity index is 1010. The molecule has 7 nitrogen and oxygen atoms in total. The molecule has 168 valence electrons. The second-order valence-corrected chi connectivity index (χ2v) is 8.98. The highest BCUT2D eigenvalue weighted by atomic mass is 16.5. The summed E-state index contributed by atoms with van der Waals surface area (Å²) in [5.41, 5.74) is 3.70. The number of aliphatic carboxylic acids is 1. The molecule has 2 atom stereocenters. The topological polar surface area (TPSA) is 95.9 Å². The molecule has 1 aliphatic carbocycles. The number of carboxylic acid groups (broad SMARTS) is 1. The van der Waals surface area contributed by atoms with Gasteiger partial charge >= 0.3 is 12.1 Å². The third-order valence-corrected chi connectivity index (χ3v) is 6.62. The Balaban J connectivity index is 1.30. The smallest absolute Gasteiger partial charge is 0.407 e. The highest BCUT2D eigenvalue weighted by Gasteiger charge is 2.42. The zero-order valence-corrected chi connectivity index (χ0v) is 18.3. The number of carbonyl (C=O) groups excluding carboxylic acids is 2. The predicted octanol–water partition coefficient (Wildman–Crippen LogP) is 3.48. The lowest BCUT2D eigenvalue weighted by Gasteiger charge is -2.23. The van der Waals surface area contributed by atoms with E-state index >= 15 is 0 Å². The van der Waals surface area contributed by atoms with Crippen molar-refractivity contribution in [3.8, 4) is 11.1 Å². The average molecular weight is 437 g/mol. The van der Waals surface area contributed by atoms with E-state index in [1.807, 2.05) is 24.3 Å². The molecule has 0 saturated carbocycles. The Morgan fingerprint density at radius 1 is 1.12 bits per heavy atom. The van der Waals surface area contributed by atoms with E-state index < -0.39 is 23.4 Å². The summed E-state index contributed by atoms with van der Waals surface area (Å²) >= 11 is 0. The Kier molecular flexibility index (Phi) is 5.91. The molecule has 1 heterocycles. The van der Waals surface area contributed by atoms with Crippen LogP contribution < -0.4 is 5.32 Å². The lowest BCUT2D eigenvalue weighted by atomic mass is 9.90. The molecule has 2 N–H and O–H groups in total. The molecule has 1 aliphatic heterocycles. The van der Waals surface area contributed by atoms with E-state index in [-0.39, 0.29) is 31.5 Å². The van der Waals surface area contributed by atoms with Gasteiger partial charge in [-0.1, -0.05) is 55.5 Å². The van der Waals surface area contributed by atoms with Gasteiger partial charge in [-0.2, -0.15) is 0 Å². The number of carbonyl (C=O) groups is 3. The maximum absolute atomic E-state index is 12.7. The lowest BCUT2D eigenvalue weighted by Crippen LogP contribution is -2.41. The SMILES string of the molecule is CC(CNC(=O)OCC1c2ccccc2-c2ccccc21)C(=O)N1CCC(C)(C(=O)O)C1. The van der Waals surface area contributed by atoms with Crippen molar-refractivity contribution >= 4 is 18.0 Å². The summed E-state index contributed by atoms with van der Waals surface area (Å²) in [5, 5.41) is 12.0. The third-order valence-electron chi connectivity index (χ3n) is 6.62. The number of fused-ring (bicyclic) bond motifs is 3. The maximum atomic E-state index is 12.7. The molecule has 2 aromatic carbocycles. The number of nitrogens with one attached hydrogen (secondary N) is 1. The van der Waals surface area contributed by atoms with Crippen LogP contribution in [0.3, 0.4) is 0 Å². The fourth-order valence-corrected chi connectivity index (χ4v) is 4.61. The lowest BCUT2D eigenvalue weighted by molar-refractivity contribution is -0.147. The molecule has 0 bridgehead atoms. The molecule has 4 rings (SSSR count). The predicted molar refractivity (Wildman–Crippen MR) is 119 cm³/mol. The van der Waals surface area contributed by atoms with E-state index in [2.05, 4.69) is 29.6 Å². The number of likely N-dealkylation sites (tertiary alicyclic amines) is 1. The van der Waals surface area contributed by atoms with Gasteiger partial charge in [-0.25, -0.2) is 4.79 Å². The maximum Gasteiger partial charge on any atom is 0.407 e. The van der Waals surface area contributed by atoms with Crippen molar-refractivity contribution in [2.45, 2.75) is 26.2 Å². The number of alkyl carbamates (subject to hydrolysis) is 1. The zero-order chi connectivity index (χ0) is 22.9. The first-order valence-electron chi connectivity index (χ1n) is 10.9. The van der Waals surface area contributed by atoms with Crippen LogP contribution in [0.2, 0.25) is 0 Å². The highest BCUT2D eigenvalue weighted by molar-refractivity contribution is 5.82. The van der Waals surface area contributed by atoms with Gasteiger partial charge in [-0.3, -0.25) is 9.59 Å². The first-order valence-corrected chi connectivity index (χ1v) is 10.9. The number of ether oxygens (including phenoxy) is 1. The van der Waals surface area contributed by atoms with Gasteiger partial charge < -0.3 is 20.1 Å². The van der Waals surface area contributed by atoms with Crippen molar-refractivity contribution in [1.82, 2.24) is 10.2 Å². The summed E-state index contributed by atoms with van der Waals surface area (Å²) in [6.07, 6.45) is -0.135. The summed E-state index contributed by atoms with van der Waals surface area (Å²) in [6, 6.07) is 16.3. The Morgan fingerprint density at radius 2 is 1.72 bits per heavy atom. The second kappa shape index (κ2) is 8.65. The van der Waals surface area contributed by atoms with Gasteiger partial charge in [-0.15, -0.1) is 0 Å². The van der Waals surface area contributed by atoms with Gasteiger partial charge in [-0.05, 0) is 35.6 Å². The molecule has 0 spiro atoms. The summed E-state index contributed by atoms with van der Waals surface area (Å²) in [6.45, 7) is 4.33. The minimum Gasteiger partial charge on any atom is -0.481 e. The van der Waals surface area contributed by atoms with Crippen LogP contribution in [-0.4, -0.2) is 54.2 Å². The average Bonchev–Trinajstić information content (AvgIpc) is 3.35. The molecule has 0 radical (unpaired) electrons. The van der Waals surface area contributed by atoms with Crippen LogP contribution in [0, 0.1) is 11.3 Å². The molecule has 2 aliphatic rings. The van der Waals surface area contributed by atoms with Crippen LogP contribution in [0.1, 0.15) is 37.3 Å². The number of hydrogen-bond donors (Lipinski definition) is 2. The Hall–Kier alpha value is -3.35. The van der Waals surface area contributed by atoms with Crippen LogP contribution in [0.15, 0.2) is 48.5 Å². The first-order chi connectivity index (χ1) is 15.3. The summed E-state index contributed by atoms with van der Waals surface area (Å²) < 4.78 is 5.51. The van der Waals surface area contributed by atoms with Crippen LogP contribution >= 0.6 is 0 Å². The van der Waals surface area contributed by atoms with Gasteiger partial charge in [0.2, 0.25) is 5.91 Å². The summed E-state index contributed by atoms with van der Waals surface area (Å²) in [4.78, 5) is 37.9. The molecular weight excluding hydrogens is 408 g/mol. The van der Waals surface area contributed by atoms with E-state index in [9.17, 15) is 19.5 Å². The Morgan fingerprint density at radius 3 is 2.28 bits per heavy atom. The van der Waals surface area contributed by atoms with Gasteiger partial charge in [0, 0.05) is 25.6 Å². The van der Waals surface area contributed by atoms with Crippen LogP contribution in [-0.2, 0) is 14.3 Å². The van der Waals surface area contributed by atoms with Crippen LogP contribution in [0.25, 0.3) is 11.1 Å². The first kappa shape index (κ1) is 21.9. The minimum atomic E-state index is -0.907. The molecule has 2 aromatic rings. The van der Waals surface area contributed by atoms with Crippen molar-refractivity contribution in [3.05, 3.63) is 59.7 Å². The van der Waals surface area contributed by atoms with E-state index in [0.29, 0.717) is 13.0 Å². The van der Waals surface area contributed by atoms with E-state index in [1.54, 1.807) is 18.7 Å². The van der Waals surface area contributed by atoms with Crippen molar-refractivity contribution in [1.29, 1.82) is 0 Å². The van der Waals surface area contributed by atoms with Crippen molar-refractivity contribution < 1.29 is 24.2 Å². The molecule has 32 heavy (non-hydrogen) atoms. The standard InChI is InChI=1S/C25H28N2O5/c1-16(22(28)27-12-11-25(2,15-27)23(29)30)13-26-24(31)32-14-21-19-9-5-3-7-17(19)18-8-4-6-10-20(18)21/h3-10,16,21H,11-15H2,1-2H3,(H,26,31)(H,29,30). The van der Waals surface area contributed by atoms with Gasteiger partial charge in [0.25, 0.3) is 0 Å². The number of amides is 2. The van der Waals surface area contributed by atoms with Gasteiger partial charge in [0.05, 0.1) is 11.3 Å². The molecule has 1 fully saturated rings. The molecule has 1 saturated heterocycles. The largest absolute Gasteiger partial charge is 0.481 e. The van der Waals surface area contributed by atoms with Crippen LogP contribution in [0.5, 0.6) is 0 Å². The van der Waals surface area contributed by atoms with Crippen LogP contribution in [0.4, 0.5) is 4.79 Å². The van der Waals surface area contributed by atoms with E-state index in [1.165, 1.54) is 0 Å². The number of benzene rings is 2. The number of carboxylic acids is 1. The van der Waals surface area contributed by atoms with Gasteiger partial charge in [0.1, 0.15) is 6.61 Å². The Labute approximate surface area is 187 Å². The zero-order valence-electron chi connectivity index (χ0n) is 18.3. The molecular formula is C25H28N2O5. The second-order valence-electron chi connectivity index (χ2n) is 8.98. The molecule has 2 amide bonds. The number of hydrogen-bond acceptors (Lipinski definition) is 4. The normalized spacial score (nSPS) is 20.4. The molecule has 2 unspecified atom stereocenters. The highest BCUT2D eigenvalue weighted by Crippen LogP contribution is 2.44. The van der Waals surface area contributed by atoms with Crippen molar-refractivity contribution in [2.75, 3.05) is 26.2 Å². The summed E-state index contributed by atoms with van der Waals surface area (Å²) in [7, 11) is 0. The number of nitrogens with zero attached hydrogens (tertiary/aromatic N) is 1. The quantitative estimate of drug-likeness (QED) is 0.723. The monoisotopic (exact) mass is 436 g/mol. The van der Waals surface area contributed by atoms with Crippen molar-refractivity contribution in [3.63, 3.8) is 0 Å². The van der Waals surface area contributed by atoms with E-state index in [4.69, 9.17) is 4.74 Å². The van der Waals surface area contributed by atoms with Gasteiger partial charge in [0.15, 0.2) is 0 Å².